The number of rotatable bonds is 7. The molecule has 2 aromatic heterocycles. The van der Waals surface area contributed by atoms with Crippen LogP contribution in [0.2, 0.25) is 0 Å². The van der Waals surface area contributed by atoms with Gasteiger partial charge in [-0.25, -0.2) is 4.98 Å². The van der Waals surface area contributed by atoms with Crippen LogP contribution in [0.15, 0.2) is 54.4 Å². The van der Waals surface area contributed by atoms with E-state index in [1.165, 1.54) is 17.4 Å². The number of thiazole rings is 1. The summed E-state index contributed by atoms with van der Waals surface area (Å²) in [6.07, 6.45) is 5.12. The lowest BCUT2D eigenvalue weighted by molar-refractivity contribution is -0.111. The Morgan fingerprint density at radius 1 is 1.36 bits per heavy atom. The molecule has 0 fully saturated rings. The van der Waals surface area contributed by atoms with E-state index in [1.807, 2.05) is 35.7 Å². The molecular formula is C22H23N3O2S. The molecule has 0 saturated carbocycles. The first-order chi connectivity index (χ1) is 13.5. The molecular weight excluding hydrogens is 370 g/mol. The third-order valence-corrected chi connectivity index (χ3v) is 5.17. The molecule has 5 nitrogen and oxygen atoms in total. The molecule has 0 atom stereocenters. The first-order valence-corrected chi connectivity index (χ1v) is 9.76. The molecule has 144 valence electrons. The standard InChI is InChI=1S/C22H23N3O2S/c1-5-11-25-15(2)12-19(16(25)3)20-14-28-22(23-20)24-21(26)10-9-17-7-6-8-18(13-17)27-4/h5-10,12-14H,1,11H2,2-4H3,(H,23,24,26)/b10-9+. The van der Waals surface area contributed by atoms with Gasteiger partial charge in [0.2, 0.25) is 5.91 Å². The van der Waals surface area contributed by atoms with Crippen LogP contribution < -0.4 is 10.1 Å². The van der Waals surface area contributed by atoms with Crippen molar-refractivity contribution in [2.75, 3.05) is 12.4 Å². The number of methoxy groups -OCH3 is 1. The molecule has 3 rings (SSSR count). The van der Waals surface area contributed by atoms with Gasteiger partial charge in [-0.05, 0) is 43.7 Å². The Morgan fingerprint density at radius 3 is 2.93 bits per heavy atom. The molecule has 0 radical (unpaired) electrons. The van der Waals surface area contributed by atoms with Crippen LogP contribution in [0, 0.1) is 13.8 Å². The summed E-state index contributed by atoms with van der Waals surface area (Å²) in [6.45, 7) is 8.71. The first-order valence-electron chi connectivity index (χ1n) is 8.88. The van der Waals surface area contributed by atoms with Gasteiger partial charge in [0.15, 0.2) is 5.13 Å². The molecule has 0 spiro atoms. The average molecular weight is 394 g/mol. The maximum Gasteiger partial charge on any atom is 0.250 e. The fourth-order valence-electron chi connectivity index (χ4n) is 2.99. The summed E-state index contributed by atoms with van der Waals surface area (Å²) in [4.78, 5) is 16.8. The number of anilines is 1. The zero-order chi connectivity index (χ0) is 20.1. The summed E-state index contributed by atoms with van der Waals surface area (Å²) in [6, 6.07) is 9.63. The lowest BCUT2D eigenvalue weighted by Crippen LogP contribution is -2.07. The number of nitrogens with zero attached hydrogens (tertiary/aromatic N) is 2. The summed E-state index contributed by atoms with van der Waals surface area (Å²) in [5.41, 5.74) is 5.12. The number of aromatic nitrogens is 2. The number of hydrogen-bond donors (Lipinski definition) is 1. The second kappa shape index (κ2) is 8.71. The van der Waals surface area contributed by atoms with Crippen molar-refractivity contribution in [3.63, 3.8) is 0 Å². The molecule has 0 saturated heterocycles. The van der Waals surface area contributed by atoms with Gasteiger partial charge in [0.25, 0.3) is 0 Å². The minimum atomic E-state index is -0.221. The van der Waals surface area contributed by atoms with Crippen LogP contribution in [-0.2, 0) is 11.3 Å². The van der Waals surface area contributed by atoms with E-state index in [0.29, 0.717) is 5.13 Å². The van der Waals surface area contributed by atoms with Crippen molar-refractivity contribution >= 4 is 28.5 Å². The average Bonchev–Trinajstić information content (AvgIpc) is 3.26. The maximum atomic E-state index is 12.2. The van der Waals surface area contributed by atoms with Gasteiger partial charge >= 0.3 is 0 Å². The molecule has 3 aromatic rings. The van der Waals surface area contributed by atoms with Crippen molar-refractivity contribution in [2.24, 2.45) is 0 Å². The fourth-order valence-corrected chi connectivity index (χ4v) is 3.70. The van der Waals surface area contributed by atoms with Crippen molar-refractivity contribution in [3.05, 3.63) is 71.4 Å². The molecule has 28 heavy (non-hydrogen) atoms. The Hall–Kier alpha value is -3.12. The minimum absolute atomic E-state index is 0.221. The maximum absolute atomic E-state index is 12.2. The topological polar surface area (TPSA) is 56.2 Å². The molecule has 1 N–H and O–H groups in total. The highest BCUT2D eigenvalue weighted by Gasteiger charge is 2.13. The van der Waals surface area contributed by atoms with Crippen LogP contribution in [0.4, 0.5) is 5.13 Å². The van der Waals surface area contributed by atoms with Gasteiger partial charge < -0.3 is 9.30 Å². The van der Waals surface area contributed by atoms with E-state index in [0.717, 1.165) is 40.5 Å². The highest BCUT2D eigenvalue weighted by Crippen LogP contribution is 2.30. The monoisotopic (exact) mass is 393 g/mol. The van der Waals surface area contributed by atoms with Crippen molar-refractivity contribution in [2.45, 2.75) is 20.4 Å². The Balaban J connectivity index is 1.70. The van der Waals surface area contributed by atoms with Crippen molar-refractivity contribution < 1.29 is 9.53 Å². The van der Waals surface area contributed by atoms with Gasteiger partial charge in [-0.3, -0.25) is 10.1 Å². The molecule has 2 heterocycles. The van der Waals surface area contributed by atoms with Gasteiger partial charge in [-0.2, -0.15) is 0 Å². The zero-order valence-corrected chi connectivity index (χ0v) is 17.0. The largest absolute Gasteiger partial charge is 0.497 e. The summed E-state index contributed by atoms with van der Waals surface area (Å²) < 4.78 is 7.38. The number of ether oxygens (including phenoxy) is 1. The lowest BCUT2D eigenvalue weighted by atomic mass is 10.2. The number of nitrogens with one attached hydrogen (secondary N) is 1. The van der Waals surface area contributed by atoms with E-state index in [1.54, 1.807) is 13.2 Å². The predicted octanol–water partition coefficient (Wildman–Crippen LogP) is 5.07. The zero-order valence-electron chi connectivity index (χ0n) is 16.2. The van der Waals surface area contributed by atoms with Crippen molar-refractivity contribution in [3.8, 4) is 17.0 Å². The predicted molar refractivity (Wildman–Crippen MR) is 116 cm³/mol. The number of carbonyl (C=O) groups is 1. The molecule has 1 aromatic carbocycles. The second-order valence-corrected chi connectivity index (χ2v) is 7.18. The van der Waals surface area contributed by atoms with Crippen LogP contribution in [0.1, 0.15) is 17.0 Å². The lowest BCUT2D eigenvalue weighted by Gasteiger charge is -2.05. The Labute approximate surface area is 169 Å². The van der Waals surface area contributed by atoms with Crippen LogP contribution in [0.3, 0.4) is 0 Å². The van der Waals surface area contributed by atoms with E-state index in [9.17, 15) is 4.79 Å². The van der Waals surface area contributed by atoms with Gasteiger partial charge in [0.05, 0.1) is 12.8 Å². The normalized spacial score (nSPS) is 11.0. The smallest absolute Gasteiger partial charge is 0.250 e. The highest BCUT2D eigenvalue weighted by molar-refractivity contribution is 7.14. The second-order valence-electron chi connectivity index (χ2n) is 6.32. The SMILES string of the molecule is C=CCn1c(C)cc(-c2csc(NC(=O)/C=C/c3cccc(OC)c3)n2)c1C. The van der Waals surface area contributed by atoms with Gasteiger partial charge in [0, 0.05) is 35.0 Å². The number of benzene rings is 1. The van der Waals surface area contributed by atoms with E-state index in [4.69, 9.17) is 4.74 Å². The number of amides is 1. The third-order valence-electron chi connectivity index (χ3n) is 4.42. The number of hydrogen-bond acceptors (Lipinski definition) is 4. The number of carbonyl (C=O) groups excluding carboxylic acids is 1. The summed E-state index contributed by atoms with van der Waals surface area (Å²) in [5, 5.41) is 5.36. The molecule has 0 unspecified atom stereocenters. The van der Waals surface area contributed by atoms with Gasteiger partial charge in [-0.15, -0.1) is 17.9 Å². The van der Waals surface area contributed by atoms with Crippen LogP contribution in [0.5, 0.6) is 5.75 Å². The quantitative estimate of drug-likeness (QED) is 0.450. The minimum Gasteiger partial charge on any atom is -0.497 e. The molecule has 0 aliphatic rings. The number of allylic oxidation sites excluding steroid dienone is 1. The first kappa shape index (κ1) is 19.6. The molecule has 0 bridgehead atoms. The fraction of sp³-hybridized carbons (Fsp3) is 0.182. The van der Waals surface area contributed by atoms with E-state index in [-0.39, 0.29) is 5.91 Å². The van der Waals surface area contributed by atoms with Gasteiger partial charge in [0.1, 0.15) is 5.75 Å². The highest BCUT2D eigenvalue weighted by atomic mass is 32.1. The van der Waals surface area contributed by atoms with Crippen LogP contribution >= 0.6 is 11.3 Å². The summed E-state index contributed by atoms with van der Waals surface area (Å²) >= 11 is 1.41. The van der Waals surface area contributed by atoms with E-state index >= 15 is 0 Å². The molecule has 6 heteroatoms. The number of aryl methyl sites for hydroxylation is 1. The Morgan fingerprint density at radius 2 is 2.18 bits per heavy atom. The van der Waals surface area contributed by atoms with Crippen LogP contribution in [-0.4, -0.2) is 22.6 Å². The summed E-state index contributed by atoms with van der Waals surface area (Å²) in [5.74, 6) is 0.530. The van der Waals surface area contributed by atoms with Crippen LogP contribution in [0.25, 0.3) is 17.3 Å². The van der Waals surface area contributed by atoms with Crippen molar-refractivity contribution in [1.82, 2.24) is 9.55 Å². The Bertz CT molecular complexity index is 1030. The molecule has 1 amide bonds. The molecule has 0 aliphatic heterocycles. The van der Waals surface area contributed by atoms with E-state index < -0.39 is 0 Å². The van der Waals surface area contributed by atoms with Gasteiger partial charge in [-0.1, -0.05) is 18.2 Å². The summed E-state index contributed by atoms with van der Waals surface area (Å²) in [7, 11) is 1.62. The third kappa shape index (κ3) is 4.40. The van der Waals surface area contributed by atoms with E-state index in [2.05, 4.69) is 41.4 Å². The molecule has 0 aliphatic carbocycles. The Kier molecular flexibility index (Phi) is 6.11. The van der Waals surface area contributed by atoms with Crippen molar-refractivity contribution in [1.29, 1.82) is 0 Å².